The van der Waals surface area contributed by atoms with E-state index < -0.39 is 0 Å². The van der Waals surface area contributed by atoms with Gasteiger partial charge in [-0.05, 0) is 42.4 Å². The Morgan fingerprint density at radius 3 is 2.50 bits per heavy atom. The van der Waals surface area contributed by atoms with Gasteiger partial charge in [0.25, 0.3) is 0 Å². The van der Waals surface area contributed by atoms with Crippen LogP contribution in [0.25, 0.3) is 0 Å². The number of anilines is 1. The molecule has 1 aromatic rings. The SMILES string of the molecule is CC(CCC1CC1)c1ccc(N)cc1. The summed E-state index contributed by atoms with van der Waals surface area (Å²) in [6.07, 6.45) is 5.67. The van der Waals surface area contributed by atoms with Crippen LogP contribution in [0.2, 0.25) is 0 Å². The summed E-state index contributed by atoms with van der Waals surface area (Å²) in [4.78, 5) is 0. The molecule has 1 fully saturated rings. The van der Waals surface area contributed by atoms with Gasteiger partial charge in [-0.15, -0.1) is 0 Å². The maximum absolute atomic E-state index is 5.66. The lowest BCUT2D eigenvalue weighted by Crippen LogP contribution is -1.95. The van der Waals surface area contributed by atoms with E-state index in [0.29, 0.717) is 5.92 Å². The van der Waals surface area contributed by atoms with Gasteiger partial charge in [0, 0.05) is 5.69 Å². The van der Waals surface area contributed by atoms with Crippen molar-refractivity contribution >= 4 is 5.69 Å². The van der Waals surface area contributed by atoms with Crippen LogP contribution >= 0.6 is 0 Å². The molecule has 1 heteroatoms. The van der Waals surface area contributed by atoms with Crippen LogP contribution in [0.1, 0.15) is 44.1 Å². The van der Waals surface area contributed by atoms with Crippen LogP contribution in [0.5, 0.6) is 0 Å². The molecule has 2 rings (SSSR count). The quantitative estimate of drug-likeness (QED) is 0.720. The van der Waals surface area contributed by atoms with Gasteiger partial charge in [0.15, 0.2) is 0 Å². The molecule has 1 aliphatic rings. The number of hydrogen-bond acceptors (Lipinski definition) is 1. The van der Waals surface area contributed by atoms with E-state index in [0.717, 1.165) is 11.6 Å². The predicted molar refractivity (Wildman–Crippen MR) is 61.2 cm³/mol. The summed E-state index contributed by atoms with van der Waals surface area (Å²) in [7, 11) is 0. The Morgan fingerprint density at radius 1 is 1.29 bits per heavy atom. The maximum atomic E-state index is 5.66. The van der Waals surface area contributed by atoms with Crippen molar-refractivity contribution in [3.63, 3.8) is 0 Å². The molecule has 0 amide bonds. The molecule has 2 N–H and O–H groups in total. The van der Waals surface area contributed by atoms with Crippen LogP contribution in [0.4, 0.5) is 5.69 Å². The zero-order chi connectivity index (χ0) is 9.97. The fourth-order valence-electron chi connectivity index (χ4n) is 1.88. The molecule has 1 unspecified atom stereocenters. The molecule has 14 heavy (non-hydrogen) atoms. The summed E-state index contributed by atoms with van der Waals surface area (Å²) in [5.74, 6) is 1.74. The average molecular weight is 189 g/mol. The second-order valence-electron chi connectivity index (χ2n) is 4.59. The maximum Gasteiger partial charge on any atom is 0.0314 e. The first-order valence-electron chi connectivity index (χ1n) is 5.61. The van der Waals surface area contributed by atoms with Crippen molar-refractivity contribution in [2.45, 2.75) is 38.5 Å². The molecular weight excluding hydrogens is 170 g/mol. The Morgan fingerprint density at radius 2 is 1.93 bits per heavy atom. The molecule has 1 atom stereocenters. The molecule has 76 valence electrons. The lowest BCUT2D eigenvalue weighted by Gasteiger charge is -2.11. The van der Waals surface area contributed by atoms with Crippen molar-refractivity contribution in [2.24, 2.45) is 5.92 Å². The minimum absolute atomic E-state index is 0.691. The van der Waals surface area contributed by atoms with Gasteiger partial charge < -0.3 is 5.73 Å². The standard InChI is InChI=1S/C13H19N/c1-10(2-3-11-4-5-11)12-6-8-13(14)9-7-12/h6-11H,2-5,14H2,1H3. The molecule has 0 heterocycles. The van der Waals surface area contributed by atoms with Crippen LogP contribution in [-0.2, 0) is 0 Å². The second-order valence-corrected chi connectivity index (χ2v) is 4.59. The molecule has 0 aromatic heterocycles. The minimum Gasteiger partial charge on any atom is -0.399 e. The third kappa shape index (κ3) is 2.50. The summed E-state index contributed by atoms with van der Waals surface area (Å²) >= 11 is 0. The molecule has 0 aliphatic heterocycles. The average Bonchev–Trinajstić information content (AvgIpc) is 2.99. The van der Waals surface area contributed by atoms with E-state index in [1.54, 1.807) is 0 Å². The lowest BCUT2D eigenvalue weighted by atomic mass is 9.95. The molecule has 0 radical (unpaired) electrons. The molecule has 0 saturated heterocycles. The van der Waals surface area contributed by atoms with E-state index in [4.69, 9.17) is 5.73 Å². The minimum atomic E-state index is 0.691. The molecule has 1 saturated carbocycles. The van der Waals surface area contributed by atoms with Crippen LogP contribution in [0.3, 0.4) is 0 Å². The highest BCUT2D eigenvalue weighted by Gasteiger charge is 2.21. The number of nitrogens with two attached hydrogens (primary N) is 1. The van der Waals surface area contributed by atoms with Crippen LogP contribution in [-0.4, -0.2) is 0 Å². The van der Waals surface area contributed by atoms with Crippen molar-refractivity contribution in [3.8, 4) is 0 Å². The highest BCUT2D eigenvalue weighted by atomic mass is 14.5. The van der Waals surface area contributed by atoms with E-state index in [-0.39, 0.29) is 0 Å². The first kappa shape index (κ1) is 9.57. The smallest absolute Gasteiger partial charge is 0.0314 e. The van der Waals surface area contributed by atoms with Crippen LogP contribution in [0.15, 0.2) is 24.3 Å². The molecule has 0 spiro atoms. The van der Waals surface area contributed by atoms with Gasteiger partial charge in [0.1, 0.15) is 0 Å². The Bertz CT molecular complexity index is 285. The largest absolute Gasteiger partial charge is 0.399 e. The summed E-state index contributed by atoms with van der Waals surface area (Å²) in [5.41, 5.74) is 7.95. The first-order chi connectivity index (χ1) is 6.75. The molecular formula is C13H19N. The van der Waals surface area contributed by atoms with Crippen LogP contribution < -0.4 is 5.73 Å². The molecule has 1 aromatic carbocycles. The second kappa shape index (κ2) is 4.04. The number of hydrogen-bond donors (Lipinski definition) is 1. The van der Waals surface area contributed by atoms with Gasteiger partial charge in [0.2, 0.25) is 0 Å². The van der Waals surface area contributed by atoms with Crippen molar-refractivity contribution in [2.75, 3.05) is 5.73 Å². The Kier molecular flexibility index (Phi) is 2.76. The van der Waals surface area contributed by atoms with Crippen LogP contribution in [0, 0.1) is 5.92 Å². The summed E-state index contributed by atoms with van der Waals surface area (Å²) < 4.78 is 0. The van der Waals surface area contributed by atoms with E-state index in [2.05, 4.69) is 19.1 Å². The Labute approximate surface area is 86.3 Å². The summed E-state index contributed by atoms with van der Waals surface area (Å²) in [6, 6.07) is 8.33. The fourth-order valence-corrected chi connectivity index (χ4v) is 1.88. The number of rotatable bonds is 4. The fraction of sp³-hybridized carbons (Fsp3) is 0.538. The van der Waals surface area contributed by atoms with Gasteiger partial charge in [0.05, 0.1) is 0 Å². The highest BCUT2D eigenvalue weighted by Crippen LogP contribution is 2.36. The predicted octanol–water partition coefficient (Wildman–Crippen LogP) is 3.56. The van der Waals surface area contributed by atoms with Crippen molar-refractivity contribution in [3.05, 3.63) is 29.8 Å². The zero-order valence-electron chi connectivity index (χ0n) is 8.87. The number of benzene rings is 1. The Balaban J connectivity index is 1.88. The molecule has 0 bridgehead atoms. The lowest BCUT2D eigenvalue weighted by molar-refractivity contribution is 0.592. The van der Waals surface area contributed by atoms with E-state index in [1.807, 2.05) is 12.1 Å². The zero-order valence-corrected chi connectivity index (χ0v) is 8.87. The summed E-state index contributed by atoms with van der Waals surface area (Å²) in [5, 5.41) is 0. The first-order valence-corrected chi connectivity index (χ1v) is 5.61. The topological polar surface area (TPSA) is 26.0 Å². The highest BCUT2D eigenvalue weighted by molar-refractivity contribution is 5.40. The van der Waals surface area contributed by atoms with Crippen molar-refractivity contribution in [1.82, 2.24) is 0 Å². The third-order valence-electron chi connectivity index (χ3n) is 3.21. The molecule has 1 nitrogen and oxygen atoms in total. The normalized spacial score (nSPS) is 18.1. The van der Waals surface area contributed by atoms with Crippen molar-refractivity contribution < 1.29 is 0 Å². The van der Waals surface area contributed by atoms with Gasteiger partial charge in [-0.2, -0.15) is 0 Å². The van der Waals surface area contributed by atoms with Gasteiger partial charge in [-0.1, -0.05) is 31.9 Å². The van der Waals surface area contributed by atoms with Gasteiger partial charge >= 0.3 is 0 Å². The third-order valence-corrected chi connectivity index (χ3v) is 3.21. The van der Waals surface area contributed by atoms with E-state index in [1.165, 1.54) is 31.2 Å². The van der Waals surface area contributed by atoms with Gasteiger partial charge in [-0.3, -0.25) is 0 Å². The monoisotopic (exact) mass is 189 g/mol. The van der Waals surface area contributed by atoms with Gasteiger partial charge in [-0.25, -0.2) is 0 Å². The summed E-state index contributed by atoms with van der Waals surface area (Å²) in [6.45, 7) is 2.31. The van der Waals surface area contributed by atoms with Crippen molar-refractivity contribution in [1.29, 1.82) is 0 Å². The van der Waals surface area contributed by atoms with E-state index in [9.17, 15) is 0 Å². The Hall–Kier alpha value is -0.980. The number of nitrogen functional groups attached to an aromatic ring is 1. The molecule has 1 aliphatic carbocycles. The van der Waals surface area contributed by atoms with E-state index >= 15 is 0 Å².